The number of carbonyl (C=O) groups is 1. The Balaban J connectivity index is 2.15. The lowest BCUT2D eigenvalue weighted by molar-refractivity contribution is -0.146. The number of hydrogen-bond donors (Lipinski definition) is 1. The zero-order valence-corrected chi connectivity index (χ0v) is 9.87. The van der Waals surface area contributed by atoms with Crippen LogP contribution in [-0.4, -0.2) is 18.6 Å². The van der Waals surface area contributed by atoms with Crippen molar-refractivity contribution in [3.8, 4) is 0 Å². The molecule has 3 nitrogen and oxygen atoms in total. The average Bonchev–Trinajstić information content (AvgIpc) is 3.02. The van der Waals surface area contributed by atoms with Gasteiger partial charge in [-0.3, -0.25) is 4.79 Å². The van der Waals surface area contributed by atoms with Crippen LogP contribution >= 0.6 is 0 Å². The molecule has 2 N–H and O–H groups in total. The van der Waals surface area contributed by atoms with E-state index in [1.165, 1.54) is 12.8 Å². The summed E-state index contributed by atoms with van der Waals surface area (Å²) in [5, 5.41) is 0. The third-order valence-electron chi connectivity index (χ3n) is 3.20. The standard InChI is InChI=1S/C12H23NO2/c1-3-9(4-2)8-15-12(14)11(13)7-10-5-6-10/h9-11H,3-8,13H2,1-2H3/t11-/m0/s1. The van der Waals surface area contributed by atoms with Crippen LogP contribution in [0.5, 0.6) is 0 Å². The minimum atomic E-state index is -0.396. The van der Waals surface area contributed by atoms with E-state index in [0.29, 0.717) is 18.4 Å². The minimum Gasteiger partial charge on any atom is -0.464 e. The molecule has 0 heterocycles. The van der Waals surface area contributed by atoms with Crippen LogP contribution < -0.4 is 5.73 Å². The molecule has 0 aromatic heterocycles. The zero-order chi connectivity index (χ0) is 11.3. The van der Waals surface area contributed by atoms with Crippen molar-refractivity contribution < 1.29 is 9.53 Å². The molecule has 0 saturated heterocycles. The first-order chi connectivity index (χ1) is 7.17. The molecule has 0 radical (unpaired) electrons. The van der Waals surface area contributed by atoms with Crippen molar-refractivity contribution in [1.29, 1.82) is 0 Å². The van der Waals surface area contributed by atoms with Crippen LogP contribution in [-0.2, 0) is 9.53 Å². The number of carbonyl (C=O) groups excluding carboxylic acids is 1. The third-order valence-corrected chi connectivity index (χ3v) is 3.20. The Bertz CT molecular complexity index is 198. The monoisotopic (exact) mass is 213 g/mol. The van der Waals surface area contributed by atoms with Crippen molar-refractivity contribution in [2.45, 2.75) is 52.0 Å². The summed E-state index contributed by atoms with van der Waals surface area (Å²) >= 11 is 0. The van der Waals surface area contributed by atoms with Crippen LogP contribution in [0.2, 0.25) is 0 Å². The second-order valence-corrected chi connectivity index (χ2v) is 4.60. The van der Waals surface area contributed by atoms with Gasteiger partial charge in [0.05, 0.1) is 6.61 Å². The second kappa shape index (κ2) is 6.11. The summed E-state index contributed by atoms with van der Waals surface area (Å²) in [6.45, 7) is 4.77. The predicted octanol–water partition coefficient (Wildman–Crippen LogP) is 2.09. The maximum absolute atomic E-state index is 11.5. The van der Waals surface area contributed by atoms with Crippen molar-refractivity contribution in [1.82, 2.24) is 0 Å². The molecular weight excluding hydrogens is 190 g/mol. The summed E-state index contributed by atoms with van der Waals surface area (Å²) in [5.41, 5.74) is 5.75. The van der Waals surface area contributed by atoms with Gasteiger partial charge in [0, 0.05) is 0 Å². The largest absolute Gasteiger partial charge is 0.464 e. The van der Waals surface area contributed by atoms with E-state index in [-0.39, 0.29) is 5.97 Å². The first kappa shape index (κ1) is 12.5. The highest BCUT2D eigenvalue weighted by Crippen LogP contribution is 2.33. The average molecular weight is 213 g/mol. The van der Waals surface area contributed by atoms with E-state index in [1.807, 2.05) is 0 Å². The topological polar surface area (TPSA) is 52.3 Å². The van der Waals surface area contributed by atoms with Gasteiger partial charge in [0.15, 0.2) is 0 Å². The van der Waals surface area contributed by atoms with Crippen molar-refractivity contribution in [3.05, 3.63) is 0 Å². The molecule has 3 heteroatoms. The molecule has 0 spiro atoms. The van der Waals surface area contributed by atoms with Gasteiger partial charge >= 0.3 is 5.97 Å². The summed E-state index contributed by atoms with van der Waals surface area (Å²) in [7, 11) is 0. The van der Waals surface area contributed by atoms with Crippen LogP contribution in [0.15, 0.2) is 0 Å². The third kappa shape index (κ3) is 4.65. The van der Waals surface area contributed by atoms with E-state index in [9.17, 15) is 4.79 Å². The Kier molecular flexibility index (Phi) is 5.09. The lowest BCUT2D eigenvalue weighted by Gasteiger charge is -2.15. The lowest BCUT2D eigenvalue weighted by Crippen LogP contribution is -2.33. The molecule has 1 atom stereocenters. The maximum atomic E-state index is 11.5. The van der Waals surface area contributed by atoms with Gasteiger partial charge < -0.3 is 10.5 Å². The Morgan fingerprint density at radius 1 is 1.40 bits per heavy atom. The Morgan fingerprint density at radius 3 is 2.47 bits per heavy atom. The molecule has 1 saturated carbocycles. The van der Waals surface area contributed by atoms with Crippen LogP contribution in [0.4, 0.5) is 0 Å². The summed E-state index contributed by atoms with van der Waals surface area (Å²) in [6, 6.07) is -0.396. The van der Waals surface area contributed by atoms with Crippen LogP contribution in [0.25, 0.3) is 0 Å². The highest BCUT2D eigenvalue weighted by molar-refractivity contribution is 5.75. The van der Waals surface area contributed by atoms with Gasteiger partial charge in [-0.2, -0.15) is 0 Å². The van der Waals surface area contributed by atoms with Gasteiger partial charge in [0.25, 0.3) is 0 Å². The maximum Gasteiger partial charge on any atom is 0.322 e. The van der Waals surface area contributed by atoms with E-state index in [2.05, 4.69) is 13.8 Å². The Morgan fingerprint density at radius 2 is 2.00 bits per heavy atom. The number of rotatable bonds is 7. The molecule has 0 aromatic rings. The van der Waals surface area contributed by atoms with Crippen LogP contribution in [0, 0.1) is 11.8 Å². The van der Waals surface area contributed by atoms with E-state index < -0.39 is 6.04 Å². The Hall–Kier alpha value is -0.570. The molecule has 0 aliphatic heterocycles. The summed E-state index contributed by atoms with van der Waals surface area (Å²) in [4.78, 5) is 11.5. The quantitative estimate of drug-likeness (QED) is 0.659. The van der Waals surface area contributed by atoms with Gasteiger partial charge in [-0.1, -0.05) is 39.5 Å². The van der Waals surface area contributed by atoms with Crippen LogP contribution in [0.3, 0.4) is 0 Å². The molecule has 1 fully saturated rings. The van der Waals surface area contributed by atoms with Crippen molar-refractivity contribution in [3.63, 3.8) is 0 Å². The molecule has 0 aromatic carbocycles. The SMILES string of the molecule is CCC(CC)COC(=O)[C@@H](N)CC1CC1. The molecule has 1 aliphatic carbocycles. The molecule has 1 rings (SSSR count). The van der Waals surface area contributed by atoms with Gasteiger partial charge in [-0.05, 0) is 18.3 Å². The summed E-state index contributed by atoms with van der Waals surface area (Å²) in [6.07, 6.45) is 5.38. The molecular formula is C12H23NO2. The van der Waals surface area contributed by atoms with Crippen molar-refractivity contribution >= 4 is 5.97 Å². The number of ether oxygens (including phenoxy) is 1. The van der Waals surface area contributed by atoms with Gasteiger partial charge in [0.2, 0.25) is 0 Å². The van der Waals surface area contributed by atoms with Crippen molar-refractivity contribution in [2.24, 2.45) is 17.6 Å². The fraction of sp³-hybridized carbons (Fsp3) is 0.917. The first-order valence-corrected chi connectivity index (χ1v) is 6.09. The fourth-order valence-electron chi connectivity index (χ4n) is 1.64. The fourth-order valence-corrected chi connectivity index (χ4v) is 1.64. The van der Waals surface area contributed by atoms with E-state index in [1.54, 1.807) is 0 Å². The van der Waals surface area contributed by atoms with Gasteiger partial charge in [-0.15, -0.1) is 0 Å². The molecule has 0 bridgehead atoms. The number of nitrogens with two attached hydrogens (primary N) is 1. The summed E-state index contributed by atoms with van der Waals surface area (Å²) < 4.78 is 5.21. The molecule has 15 heavy (non-hydrogen) atoms. The van der Waals surface area contributed by atoms with E-state index >= 15 is 0 Å². The zero-order valence-electron chi connectivity index (χ0n) is 9.87. The minimum absolute atomic E-state index is 0.214. The lowest BCUT2D eigenvalue weighted by atomic mass is 10.1. The number of hydrogen-bond acceptors (Lipinski definition) is 3. The highest BCUT2D eigenvalue weighted by Gasteiger charge is 2.27. The first-order valence-electron chi connectivity index (χ1n) is 6.09. The molecule has 1 aliphatic rings. The van der Waals surface area contributed by atoms with Crippen molar-refractivity contribution in [2.75, 3.05) is 6.61 Å². The molecule has 88 valence electrons. The molecule has 0 unspecified atom stereocenters. The van der Waals surface area contributed by atoms with Gasteiger partial charge in [0.1, 0.15) is 6.04 Å². The predicted molar refractivity (Wildman–Crippen MR) is 60.3 cm³/mol. The second-order valence-electron chi connectivity index (χ2n) is 4.60. The van der Waals surface area contributed by atoms with Gasteiger partial charge in [-0.25, -0.2) is 0 Å². The van der Waals surface area contributed by atoms with Crippen LogP contribution in [0.1, 0.15) is 46.0 Å². The normalized spacial score (nSPS) is 17.9. The number of esters is 1. The Labute approximate surface area is 92.4 Å². The van der Waals surface area contributed by atoms with E-state index in [4.69, 9.17) is 10.5 Å². The smallest absolute Gasteiger partial charge is 0.322 e. The molecule has 0 amide bonds. The van der Waals surface area contributed by atoms with E-state index in [0.717, 1.165) is 19.3 Å². The summed E-state index contributed by atoms with van der Waals surface area (Å²) in [5.74, 6) is 0.955. The highest BCUT2D eigenvalue weighted by atomic mass is 16.5.